The van der Waals surface area contributed by atoms with E-state index < -0.39 is 0 Å². The van der Waals surface area contributed by atoms with Gasteiger partial charge in [-0.25, -0.2) is 0 Å². The van der Waals surface area contributed by atoms with Crippen LogP contribution in [0.25, 0.3) is 0 Å². The van der Waals surface area contributed by atoms with Gasteiger partial charge in [0.2, 0.25) is 11.8 Å². The van der Waals surface area contributed by atoms with Crippen LogP contribution in [-0.4, -0.2) is 48.5 Å². The summed E-state index contributed by atoms with van der Waals surface area (Å²) < 4.78 is 10.7. The number of anilines is 1. The molecule has 1 aliphatic heterocycles. The van der Waals surface area contributed by atoms with Gasteiger partial charge in [-0.15, -0.1) is 0 Å². The molecule has 1 aromatic carbocycles. The van der Waals surface area contributed by atoms with Crippen molar-refractivity contribution in [1.82, 2.24) is 9.88 Å². The standard InChI is InChI=1S/C22H25N3O4/c1-28-18-7-8-20(29-2)19(11-18)25-14-16(10-21(25)26)22(27)24(17-5-6-17)13-15-4-3-9-23-12-15/h3-4,7-9,11-12,16-17H,5-6,10,13-14H2,1-2H3. The first-order valence-corrected chi connectivity index (χ1v) is 9.82. The fourth-order valence-corrected chi connectivity index (χ4v) is 3.81. The Morgan fingerprint density at radius 2 is 2.07 bits per heavy atom. The SMILES string of the molecule is COc1ccc(OC)c(N2CC(C(=O)N(Cc3cccnc3)C3CC3)CC2=O)c1. The Balaban J connectivity index is 1.53. The second kappa shape index (κ2) is 8.11. The summed E-state index contributed by atoms with van der Waals surface area (Å²) in [6, 6.07) is 9.45. The van der Waals surface area contributed by atoms with Gasteiger partial charge in [-0.05, 0) is 36.6 Å². The molecule has 1 unspecified atom stereocenters. The van der Waals surface area contributed by atoms with Crippen LogP contribution in [0.2, 0.25) is 0 Å². The van der Waals surface area contributed by atoms with E-state index in [4.69, 9.17) is 9.47 Å². The normalized spacial score (nSPS) is 18.6. The Labute approximate surface area is 170 Å². The van der Waals surface area contributed by atoms with E-state index in [1.807, 2.05) is 17.0 Å². The van der Waals surface area contributed by atoms with Gasteiger partial charge in [0.05, 0.1) is 25.8 Å². The minimum atomic E-state index is -0.365. The van der Waals surface area contributed by atoms with Crippen molar-refractivity contribution >= 4 is 17.5 Å². The maximum Gasteiger partial charge on any atom is 0.228 e. The predicted molar refractivity (Wildman–Crippen MR) is 108 cm³/mol. The first-order chi connectivity index (χ1) is 14.1. The van der Waals surface area contributed by atoms with Gasteiger partial charge in [0.1, 0.15) is 11.5 Å². The monoisotopic (exact) mass is 395 g/mol. The number of benzene rings is 1. The van der Waals surface area contributed by atoms with Gasteiger partial charge >= 0.3 is 0 Å². The number of hydrogen-bond acceptors (Lipinski definition) is 5. The fourth-order valence-electron chi connectivity index (χ4n) is 3.81. The molecule has 4 rings (SSSR count). The topological polar surface area (TPSA) is 72.0 Å². The molecule has 7 nitrogen and oxygen atoms in total. The number of hydrogen-bond donors (Lipinski definition) is 0. The van der Waals surface area contributed by atoms with Crippen molar-refractivity contribution in [3.63, 3.8) is 0 Å². The van der Waals surface area contributed by atoms with Crippen LogP contribution in [0.3, 0.4) is 0 Å². The molecule has 7 heteroatoms. The number of ether oxygens (including phenoxy) is 2. The molecular weight excluding hydrogens is 370 g/mol. The lowest BCUT2D eigenvalue weighted by Gasteiger charge is -2.26. The number of rotatable bonds is 7. The molecule has 29 heavy (non-hydrogen) atoms. The zero-order valence-corrected chi connectivity index (χ0v) is 16.7. The van der Waals surface area contributed by atoms with Crippen LogP contribution in [0.4, 0.5) is 5.69 Å². The van der Waals surface area contributed by atoms with E-state index in [0.29, 0.717) is 30.3 Å². The van der Waals surface area contributed by atoms with Crippen LogP contribution in [0.15, 0.2) is 42.7 Å². The molecular formula is C22H25N3O4. The van der Waals surface area contributed by atoms with Crippen molar-refractivity contribution in [2.45, 2.75) is 31.8 Å². The third-order valence-electron chi connectivity index (χ3n) is 5.50. The highest BCUT2D eigenvalue weighted by Gasteiger charge is 2.42. The fraction of sp³-hybridized carbons (Fsp3) is 0.409. The van der Waals surface area contributed by atoms with E-state index in [1.54, 1.807) is 49.7 Å². The number of aromatic nitrogens is 1. The van der Waals surface area contributed by atoms with Gasteiger partial charge in [0.15, 0.2) is 0 Å². The molecule has 2 fully saturated rings. The number of methoxy groups -OCH3 is 2. The molecule has 1 atom stereocenters. The quantitative estimate of drug-likeness (QED) is 0.721. The lowest BCUT2D eigenvalue weighted by atomic mass is 10.1. The summed E-state index contributed by atoms with van der Waals surface area (Å²) in [5.41, 5.74) is 1.64. The average molecular weight is 395 g/mol. The van der Waals surface area contributed by atoms with Crippen molar-refractivity contribution in [1.29, 1.82) is 0 Å². The molecule has 0 N–H and O–H groups in total. The first-order valence-electron chi connectivity index (χ1n) is 9.82. The first kappa shape index (κ1) is 19.2. The summed E-state index contributed by atoms with van der Waals surface area (Å²) >= 11 is 0. The average Bonchev–Trinajstić information content (AvgIpc) is 3.53. The van der Waals surface area contributed by atoms with Gasteiger partial charge in [-0.1, -0.05) is 6.07 Å². The Hall–Kier alpha value is -3.09. The van der Waals surface area contributed by atoms with Crippen LogP contribution in [0.1, 0.15) is 24.8 Å². The van der Waals surface area contributed by atoms with Crippen molar-refractivity contribution in [2.75, 3.05) is 25.7 Å². The zero-order chi connectivity index (χ0) is 20.4. The van der Waals surface area contributed by atoms with Gasteiger partial charge in [0, 0.05) is 44.0 Å². The Morgan fingerprint density at radius 3 is 2.72 bits per heavy atom. The summed E-state index contributed by atoms with van der Waals surface area (Å²) in [5, 5.41) is 0. The second-order valence-corrected chi connectivity index (χ2v) is 7.50. The molecule has 2 amide bonds. The van der Waals surface area contributed by atoms with E-state index in [2.05, 4.69) is 4.98 Å². The number of pyridine rings is 1. The molecule has 0 bridgehead atoms. The van der Waals surface area contributed by atoms with Crippen molar-refractivity contribution in [3.8, 4) is 11.5 Å². The summed E-state index contributed by atoms with van der Waals surface area (Å²) in [5.74, 6) is 0.818. The molecule has 152 valence electrons. The summed E-state index contributed by atoms with van der Waals surface area (Å²) in [6.07, 6.45) is 5.74. The van der Waals surface area contributed by atoms with E-state index in [9.17, 15) is 9.59 Å². The van der Waals surface area contributed by atoms with Crippen molar-refractivity contribution in [2.24, 2.45) is 5.92 Å². The second-order valence-electron chi connectivity index (χ2n) is 7.50. The smallest absolute Gasteiger partial charge is 0.228 e. The van der Waals surface area contributed by atoms with Gasteiger partial charge in [0.25, 0.3) is 0 Å². The Morgan fingerprint density at radius 1 is 1.24 bits per heavy atom. The molecule has 1 aliphatic carbocycles. The summed E-state index contributed by atoms with van der Waals surface area (Å²) in [6.45, 7) is 0.877. The molecule has 0 spiro atoms. The molecule has 0 radical (unpaired) electrons. The maximum atomic E-state index is 13.3. The summed E-state index contributed by atoms with van der Waals surface area (Å²) in [7, 11) is 3.15. The maximum absolute atomic E-state index is 13.3. The van der Waals surface area contributed by atoms with E-state index in [-0.39, 0.29) is 30.2 Å². The molecule has 2 aromatic rings. The highest BCUT2D eigenvalue weighted by molar-refractivity contribution is 6.01. The minimum absolute atomic E-state index is 0.0362. The van der Waals surface area contributed by atoms with Crippen molar-refractivity contribution < 1.29 is 19.1 Å². The van der Waals surface area contributed by atoms with Crippen molar-refractivity contribution in [3.05, 3.63) is 48.3 Å². The predicted octanol–water partition coefficient (Wildman–Crippen LogP) is 2.64. The third-order valence-corrected chi connectivity index (χ3v) is 5.50. The van der Waals surface area contributed by atoms with Crippen LogP contribution in [0, 0.1) is 5.92 Å². The molecule has 1 saturated carbocycles. The Bertz CT molecular complexity index is 898. The minimum Gasteiger partial charge on any atom is -0.497 e. The van der Waals surface area contributed by atoms with Gasteiger partial charge in [-0.2, -0.15) is 0 Å². The molecule has 2 aliphatic rings. The number of carbonyl (C=O) groups is 2. The highest BCUT2D eigenvalue weighted by atomic mass is 16.5. The van der Waals surface area contributed by atoms with E-state index in [1.165, 1.54) is 0 Å². The van der Waals surface area contributed by atoms with Crippen LogP contribution < -0.4 is 14.4 Å². The van der Waals surface area contributed by atoms with Crippen LogP contribution >= 0.6 is 0 Å². The van der Waals surface area contributed by atoms with Crippen LogP contribution in [-0.2, 0) is 16.1 Å². The highest BCUT2D eigenvalue weighted by Crippen LogP contribution is 2.37. The largest absolute Gasteiger partial charge is 0.497 e. The molecule has 1 saturated heterocycles. The van der Waals surface area contributed by atoms with Gasteiger partial charge < -0.3 is 19.3 Å². The number of amides is 2. The molecule has 2 heterocycles. The van der Waals surface area contributed by atoms with Crippen LogP contribution in [0.5, 0.6) is 11.5 Å². The lowest BCUT2D eigenvalue weighted by molar-refractivity contribution is -0.137. The number of nitrogens with zero attached hydrogens (tertiary/aromatic N) is 3. The van der Waals surface area contributed by atoms with E-state index >= 15 is 0 Å². The Kier molecular flexibility index (Phi) is 5.38. The van der Waals surface area contributed by atoms with Gasteiger partial charge in [-0.3, -0.25) is 14.6 Å². The third kappa shape index (κ3) is 4.04. The number of carbonyl (C=O) groups excluding carboxylic acids is 2. The van der Waals surface area contributed by atoms with E-state index in [0.717, 1.165) is 18.4 Å². The zero-order valence-electron chi connectivity index (χ0n) is 16.7. The molecule has 1 aromatic heterocycles. The summed E-state index contributed by atoms with van der Waals surface area (Å²) in [4.78, 5) is 33.8. The lowest BCUT2D eigenvalue weighted by Crippen LogP contribution is -2.38.